The maximum atomic E-state index is 13.1. The number of ether oxygens (including phenoxy) is 4. The first kappa shape index (κ1) is 98.0. The lowest BCUT2D eigenvalue weighted by atomic mass is 10.1. The summed E-state index contributed by atoms with van der Waals surface area (Å²) in [6.07, 6.45) is 79.4. The van der Waals surface area contributed by atoms with Gasteiger partial charge in [0, 0.05) is 25.7 Å². The van der Waals surface area contributed by atoms with Crippen LogP contribution < -0.4 is 0 Å². The monoisotopic (exact) mass is 1480 g/mol. The van der Waals surface area contributed by atoms with Crippen LogP contribution in [-0.4, -0.2) is 96.7 Å². The van der Waals surface area contributed by atoms with Crippen molar-refractivity contribution in [2.45, 2.75) is 367 Å². The quantitative estimate of drug-likeness (QED) is 0.0169. The largest absolute Gasteiger partial charge is 0.472 e. The summed E-state index contributed by atoms with van der Waals surface area (Å²) in [6, 6.07) is 0. The van der Waals surface area contributed by atoms with Gasteiger partial charge in [-0.1, -0.05) is 266 Å². The Kier molecular flexibility index (Phi) is 72.3. The third-order valence-corrected chi connectivity index (χ3v) is 18.9. The van der Waals surface area contributed by atoms with Gasteiger partial charge in [0.2, 0.25) is 0 Å². The molecule has 0 radical (unpaired) electrons. The zero-order valence-electron chi connectivity index (χ0n) is 64.5. The van der Waals surface area contributed by atoms with E-state index in [1.807, 2.05) is 0 Å². The Morgan fingerprint density at radius 3 is 0.765 bits per heavy atom. The number of hydrogen-bond donors (Lipinski definition) is 3. The fraction of sp³-hybridized carbons (Fsp3) is 0.759. The first-order valence-corrected chi connectivity index (χ1v) is 43.5. The number of aliphatic hydroxyl groups is 1. The average Bonchev–Trinajstić information content (AvgIpc) is 0.908. The molecule has 0 amide bonds. The number of carbonyl (C=O) groups excluding carboxylic acids is 4. The number of allylic oxidation sites excluding steroid dienone is 16. The first-order chi connectivity index (χ1) is 49.7. The van der Waals surface area contributed by atoms with Crippen LogP contribution >= 0.6 is 15.6 Å². The SMILES string of the molecule is CCCCC/C=C\C/C=C\C/C=C\CCCCCCCCC(=O)OCC(COP(=O)(O)OCC(O)COP(=O)(O)OCC(COC(=O)CCCCCCC/C=C\C/C=C\CCCCC)OC(=O)CCCCCCC/C=C\C/C=C\CCCCC)OC(=O)CCCCCCC/C=C\CCCCCC. The van der Waals surface area contributed by atoms with E-state index in [2.05, 4.69) is 125 Å². The molecule has 0 aromatic heterocycles. The van der Waals surface area contributed by atoms with E-state index >= 15 is 0 Å². The minimum atomic E-state index is -4.98. The predicted octanol–water partition coefficient (Wildman–Crippen LogP) is 23.6. The molecule has 0 saturated carbocycles. The Balaban J connectivity index is 5.36. The molecule has 0 heterocycles. The molecule has 0 spiro atoms. The predicted molar refractivity (Wildman–Crippen MR) is 418 cm³/mol. The Morgan fingerprint density at radius 2 is 0.480 bits per heavy atom. The van der Waals surface area contributed by atoms with Gasteiger partial charge in [0.05, 0.1) is 26.4 Å². The summed E-state index contributed by atoms with van der Waals surface area (Å²) < 4.78 is 68.6. The standard InChI is InChI=1S/C83H146O17P2/c1-5-9-13-17-21-25-29-33-36-37-38-39-42-45-48-52-56-60-64-68-81(86)94-73-78(99-82(87)69-65-61-57-53-49-43-32-28-24-20-16-12-8-4)75-97-101(89,90)95-71-77(84)72-96-102(91,92)98-76-79(100-83(88)70-66-62-58-54-50-46-41-35-31-27-23-19-15-11-7-3)74-93-80(85)67-63-59-55-51-47-44-40-34-30-26-22-18-14-10-6-2/h21-23,25-28,32-36,38-41,77-79,84H,5-20,24,29-31,37,42-76H2,1-4H3,(H,89,90)(H,91,92)/b25-21-,26-22-,27-23-,32-28-,36-33-,39-38-,40-34-,41-35-. The summed E-state index contributed by atoms with van der Waals surface area (Å²) in [5.74, 6) is -2.21. The van der Waals surface area contributed by atoms with Crippen molar-refractivity contribution in [2.75, 3.05) is 39.6 Å². The van der Waals surface area contributed by atoms with Gasteiger partial charge in [0.1, 0.15) is 19.3 Å². The molecule has 0 aliphatic heterocycles. The highest BCUT2D eigenvalue weighted by Gasteiger charge is 2.30. The Labute approximate surface area is 620 Å². The second-order valence-electron chi connectivity index (χ2n) is 27.0. The second-order valence-corrected chi connectivity index (χ2v) is 29.9. The molecule has 5 atom stereocenters. The van der Waals surface area contributed by atoms with Crippen LogP contribution in [0.2, 0.25) is 0 Å². The minimum Gasteiger partial charge on any atom is -0.462 e. The third-order valence-electron chi connectivity index (χ3n) is 17.0. The number of hydrogen-bond acceptors (Lipinski definition) is 15. The molecular weight excluding hydrogens is 1330 g/mol. The van der Waals surface area contributed by atoms with Crippen molar-refractivity contribution in [1.29, 1.82) is 0 Å². The lowest BCUT2D eigenvalue weighted by Crippen LogP contribution is -2.30. The van der Waals surface area contributed by atoms with Gasteiger partial charge >= 0.3 is 39.5 Å². The van der Waals surface area contributed by atoms with Crippen LogP contribution in [0.3, 0.4) is 0 Å². The van der Waals surface area contributed by atoms with Crippen molar-refractivity contribution in [3.63, 3.8) is 0 Å². The fourth-order valence-corrected chi connectivity index (χ4v) is 12.3. The normalized spacial score (nSPS) is 14.4. The molecule has 0 saturated heterocycles. The van der Waals surface area contributed by atoms with E-state index in [9.17, 15) is 43.2 Å². The molecule has 0 bridgehead atoms. The van der Waals surface area contributed by atoms with Crippen molar-refractivity contribution in [2.24, 2.45) is 0 Å². The van der Waals surface area contributed by atoms with E-state index in [0.717, 1.165) is 186 Å². The van der Waals surface area contributed by atoms with Gasteiger partial charge in [-0.3, -0.25) is 37.3 Å². The maximum absolute atomic E-state index is 13.1. The number of carbonyl (C=O) groups is 4. The van der Waals surface area contributed by atoms with Gasteiger partial charge in [-0.05, 0) is 154 Å². The van der Waals surface area contributed by atoms with Crippen LogP contribution in [0.15, 0.2) is 97.2 Å². The van der Waals surface area contributed by atoms with Crippen LogP contribution in [0, 0.1) is 0 Å². The number of rotatable bonds is 76. The highest BCUT2D eigenvalue weighted by molar-refractivity contribution is 7.47. The van der Waals surface area contributed by atoms with Crippen LogP contribution in [0.1, 0.15) is 349 Å². The van der Waals surface area contributed by atoms with Gasteiger partial charge in [0.25, 0.3) is 0 Å². The van der Waals surface area contributed by atoms with Gasteiger partial charge in [-0.2, -0.15) is 0 Å². The van der Waals surface area contributed by atoms with E-state index in [-0.39, 0.29) is 25.7 Å². The fourth-order valence-electron chi connectivity index (χ4n) is 10.8. The van der Waals surface area contributed by atoms with Gasteiger partial charge in [-0.15, -0.1) is 0 Å². The molecular formula is C83H146O17P2. The number of phosphoric acid groups is 2. The van der Waals surface area contributed by atoms with E-state index in [4.69, 9.17) is 37.0 Å². The number of esters is 4. The van der Waals surface area contributed by atoms with Crippen molar-refractivity contribution in [1.82, 2.24) is 0 Å². The summed E-state index contributed by atoms with van der Waals surface area (Å²) >= 11 is 0. The molecule has 0 aromatic carbocycles. The van der Waals surface area contributed by atoms with Gasteiger partial charge in [0.15, 0.2) is 12.2 Å². The highest BCUT2D eigenvalue weighted by atomic mass is 31.2. The number of aliphatic hydroxyl groups excluding tert-OH is 1. The summed E-state index contributed by atoms with van der Waals surface area (Å²) in [6.45, 7) is 4.76. The molecule has 590 valence electrons. The zero-order valence-corrected chi connectivity index (χ0v) is 66.3. The smallest absolute Gasteiger partial charge is 0.462 e. The van der Waals surface area contributed by atoms with Crippen molar-refractivity contribution in [3.05, 3.63) is 97.2 Å². The molecule has 0 aliphatic rings. The lowest BCUT2D eigenvalue weighted by Gasteiger charge is -2.21. The Morgan fingerprint density at radius 1 is 0.275 bits per heavy atom. The van der Waals surface area contributed by atoms with Crippen LogP contribution in [-0.2, 0) is 65.4 Å². The number of unbranched alkanes of at least 4 members (excludes halogenated alkanes) is 34. The van der Waals surface area contributed by atoms with E-state index in [1.165, 1.54) is 83.5 Å². The Hall–Kier alpha value is -4.02. The van der Waals surface area contributed by atoms with Crippen LogP contribution in [0.25, 0.3) is 0 Å². The van der Waals surface area contributed by atoms with E-state index in [0.29, 0.717) is 25.7 Å². The lowest BCUT2D eigenvalue weighted by molar-refractivity contribution is -0.161. The van der Waals surface area contributed by atoms with E-state index < -0.39 is 97.5 Å². The van der Waals surface area contributed by atoms with Crippen molar-refractivity contribution < 1.29 is 80.2 Å². The average molecular weight is 1480 g/mol. The van der Waals surface area contributed by atoms with Crippen molar-refractivity contribution >= 4 is 39.5 Å². The summed E-state index contributed by atoms with van der Waals surface area (Å²) in [4.78, 5) is 73.0. The first-order valence-electron chi connectivity index (χ1n) is 40.5. The highest BCUT2D eigenvalue weighted by Crippen LogP contribution is 2.45. The minimum absolute atomic E-state index is 0.0761. The molecule has 0 fully saturated rings. The summed E-state index contributed by atoms with van der Waals surface area (Å²) in [7, 11) is -9.96. The summed E-state index contributed by atoms with van der Waals surface area (Å²) in [5, 5.41) is 10.6. The van der Waals surface area contributed by atoms with Crippen LogP contribution in [0.5, 0.6) is 0 Å². The molecule has 0 rings (SSSR count). The molecule has 3 N–H and O–H groups in total. The third kappa shape index (κ3) is 74.3. The maximum Gasteiger partial charge on any atom is 0.472 e. The molecule has 102 heavy (non-hydrogen) atoms. The molecule has 5 unspecified atom stereocenters. The van der Waals surface area contributed by atoms with Gasteiger partial charge in [-0.25, -0.2) is 9.13 Å². The van der Waals surface area contributed by atoms with Crippen LogP contribution in [0.4, 0.5) is 0 Å². The molecule has 19 heteroatoms. The summed E-state index contributed by atoms with van der Waals surface area (Å²) in [5.41, 5.74) is 0. The molecule has 17 nitrogen and oxygen atoms in total. The topological polar surface area (TPSA) is 237 Å². The van der Waals surface area contributed by atoms with E-state index in [1.54, 1.807) is 0 Å². The van der Waals surface area contributed by atoms with Gasteiger partial charge < -0.3 is 33.8 Å². The second kappa shape index (κ2) is 75.2. The number of phosphoric ester groups is 2. The van der Waals surface area contributed by atoms with Crippen molar-refractivity contribution in [3.8, 4) is 0 Å². The zero-order chi connectivity index (χ0) is 74.6. The Bertz CT molecular complexity index is 2310. The molecule has 0 aromatic rings. The molecule has 0 aliphatic carbocycles.